The Morgan fingerprint density at radius 2 is 1.47 bits per heavy atom. The van der Waals surface area contributed by atoms with Crippen LogP contribution in [0.25, 0.3) is 65.6 Å². The zero-order chi connectivity index (χ0) is 31.3. The molecule has 9 aromatic rings. The molecule has 5 aromatic carbocycles. The first-order chi connectivity index (χ1) is 23.1. The molecule has 0 fully saturated rings. The third-order valence-electron chi connectivity index (χ3n) is 9.70. The fourth-order valence-corrected chi connectivity index (χ4v) is 7.68. The maximum absolute atomic E-state index is 6.83. The standard InChI is InChI=1S/C41H27N5O/c1-41(2)35-27-20-22-42-23-29(27)33-28-15-8-9-17-32(28)47-38(33)37(35)46(31-16-10-21-43-39(31)41)40-44-30-19-18-24-11-6-7-14-26(24)34(30)36(45-40)25-12-4-3-5-13-25/h3-23H,1-2H3. The van der Waals surface area contributed by atoms with Crippen LogP contribution in [0.15, 0.2) is 132 Å². The lowest BCUT2D eigenvalue weighted by Gasteiger charge is -2.40. The van der Waals surface area contributed by atoms with Crippen LogP contribution in [-0.2, 0) is 5.41 Å². The number of hydrogen-bond donors (Lipinski definition) is 0. The summed E-state index contributed by atoms with van der Waals surface area (Å²) in [6.07, 6.45) is 5.70. The van der Waals surface area contributed by atoms with E-state index in [9.17, 15) is 0 Å². The van der Waals surface area contributed by atoms with E-state index in [2.05, 4.69) is 109 Å². The lowest BCUT2D eigenvalue weighted by molar-refractivity contribution is 0.607. The average molecular weight is 606 g/mol. The minimum atomic E-state index is -0.468. The fraction of sp³-hybridized carbons (Fsp3) is 0.0732. The summed E-state index contributed by atoms with van der Waals surface area (Å²) in [6.45, 7) is 4.48. The molecule has 0 unspecified atom stereocenters. The number of anilines is 3. The van der Waals surface area contributed by atoms with Gasteiger partial charge < -0.3 is 4.42 Å². The Morgan fingerprint density at radius 1 is 0.660 bits per heavy atom. The lowest BCUT2D eigenvalue weighted by Crippen LogP contribution is -2.33. The zero-order valence-electron chi connectivity index (χ0n) is 25.8. The van der Waals surface area contributed by atoms with E-state index in [0.29, 0.717) is 5.95 Å². The van der Waals surface area contributed by atoms with Crippen LogP contribution in [0.1, 0.15) is 25.1 Å². The summed E-state index contributed by atoms with van der Waals surface area (Å²) < 4.78 is 6.83. The van der Waals surface area contributed by atoms with Crippen LogP contribution in [0.2, 0.25) is 0 Å². The second-order valence-corrected chi connectivity index (χ2v) is 12.7. The monoisotopic (exact) mass is 605 g/mol. The van der Waals surface area contributed by atoms with Crippen molar-refractivity contribution < 1.29 is 4.42 Å². The molecule has 0 atom stereocenters. The van der Waals surface area contributed by atoms with Gasteiger partial charge in [-0.15, -0.1) is 0 Å². The number of rotatable bonds is 2. The number of fused-ring (bicyclic) bond motifs is 12. The number of aromatic nitrogens is 4. The van der Waals surface area contributed by atoms with Gasteiger partial charge in [-0.1, -0.05) is 78.9 Å². The van der Waals surface area contributed by atoms with Gasteiger partial charge in [-0.2, -0.15) is 0 Å². The number of pyridine rings is 2. The van der Waals surface area contributed by atoms with Crippen LogP contribution in [0.3, 0.4) is 0 Å². The van der Waals surface area contributed by atoms with Crippen LogP contribution in [0, 0.1) is 0 Å². The molecule has 222 valence electrons. The summed E-state index contributed by atoms with van der Waals surface area (Å²) in [6, 6.07) is 37.5. The van der Waals surface area contributed by atoms with E-state index >= 15 is 0 Å². The van der Waals surface area contributed by atoms with E-state index in [4.69, 9.17) is 19.4 Å². The first kappa shape index (κ1) is 26.1. The molecule has 10 rings (SSSR count). The van der Waals surface area contributed by atoms with Gasteiger partial charge in [0, 0.05) is 51.1 Å². The highest BCUT2D eigenvalue weighted by atomic mass is 16.3. The third-order valence-corrected chi connectivity index (χ3v) is 9.70. The van der Waals surface area contributed by atoms with Crippen molar-refractivity contribution >= 4 is 71.7 Å². The summed E-state index contributed by atoms with van der Waals surface area (Å²) in [5.41, 5.74) is 7.84. The fourth-order valence-electron chi connectivity index (χ4n) is 7.68. The molecule has 0 amide bonds. The molecular weight excluding hydrogens is 578 g/mol. The van der Waals surface area contributed by atoms with Crippen molar-refractivity contribution in [2.75, 3.05) is 4.90 Å². The Morgan fingerprint density at radius 3 is 2.36 bits per heavy atom. The molecular formula is C41H27N5O. The van der Waals surface area contributed by atoms with Crippen molar-refractivity contribution in [1.29, 1.82) is 0 Å². The first-order valence-electron chi connectivity index (χ1n) is 15.8. The minimum Gasteiger partial charge on any atom is -0.454 e. The summed E-state index contributed by atoms with van der Waals surface area (Å²) in [4.78, 5) is 22.6. The van der Waals surface area contributed by atoms with Gasteiger partial charge >= 0.3 is 0 Å². The second-order valence-electron chi connectivity index (χ2n) is 12.7. The smallest absolute Gasteiger partial charge is 0.235 e. The van der Waals surface area contributed by atoms with E-state index in [-0.39, 0.29) is 0 Å². The Kier molecular flexibility index (Phi) is 5.24. The molecule has 0 radical (unpaired) electrons. The van der Waals surface area contributed by atoms with Gasteiger partial charge in [0.05, 0.1) is 28.3 Å². The lowest BCUT2D eigenvalue weighted by atomic mass is 9.74. The zero-order valence-corrected chi connectivity index (χ0v) is 25.8. The highest BCUT2D eigenvalue weighted by molar-refractivity contribution is 6.25. The first-order valence-corrected chi connectivity index (χ1v) is 15.8. The number of benzene rings is 5. The topological polar surface area (TPSA) is 67.9 Å². The van der Waals surface area contributed by atoms with E-state index in [0.717, 1.165) is 88.3 Å². The van der Waals surface area contributed by atoms with Crippen LogP contribution in [0.5, 0.6) is 0 Å². The van der Waals surface area contributed by atoms with Crippen LogP contribution in [0.4, 0.5) is 17.3 Å². The Hall–Kier alpha value is -6.14. The largest absolute Gasteiger partial charge is 0.454 e. The van der Waals surface area contributed by atoms with E-state index in [1.807, 2.05) is 42.9 Å². The highest BCUT2D eigenvalue weighted by Gasteiger charge is 2.43. The van der Waals surface area contributed by atoms with E-state index in [1.54, 1.807) is 0 Å². The summed E-state index contributed by atoms with van der Waals surface area (Å²) >= 11 is 0. The molecule has 6 heteroatoms. The van der Waals surface area contributed by atoms with Crippen molar-refractivity contribution in [3.8, 4) is 11.3 Å². The molecule has 5 heterocycles. The van der Waals surface area contributed by atoms with Gasteiger partial charge in [-0.05, 0) is 65.9 Å². The highest BCUT2D eigenvalue weighted by Crippen LogP contribution is 2.57. The molecule has 1 aliphatic heterocycles. The Balaban J connectivity index is 1.40. The maximum atomic E-state index is 6.83. The molecule has 6 nitrogen and oxygen atoms in total. The van der Waals surface area contributed by atoms with Crippen molar-refractivity contribution in [2.45, 2.75) is 19.3 Å². The SMILES string of the molecule is CC1(C)c2ncccc2N(c2nc(-c3ccccc3)c3c(ccc4ccccc43)n2)c2c1c1ccncc1c1c2oc2ccccc21. The molecule has 47 heavy (non-hydrogen) atoms. The van der Waals surface area contributed by atoms with Gasteiger partial charge in [0.1, 0.15) is 5.58 Å². The molecule has 4 aromatic heterocycles. The normalized spacial score (nSPS) is 13.9. The molecule has 0 aliphatic carbocycles. The molecule has 0 saturated carbocycles. The summed E-state index contributed by atoms with van der Waals surface area (Å²) in [7, 11) is 0. The average Bonchev–Trinajstić information content (AvgIpc) is 3.51. The number of nitrogens with zero attached hydrogens (tertiary/aromatic N) is 5. The van der Waals surface area contributed by atoms with E-state index < -0.39 is 5.41 Å². The van der Waals surface area contributed by atoms with Crippen molar-refractivity contribution in [3.63, 3.8) is 0 Å². The summed E-state index contributed by atoms with van der Waals surface area (Å²) in [5.74, 6) is 0.563. The molecule has 1 aliphatic rings. The minimum absolute atomic E-state index is 0.468. The van der Waals surface area contributed by atoms with Crippen molar-refractivity contribution in [2.24, 2.45) is 0 Å². The predicted molar refractivity (Wildman–Crippen MR) is 190 cm³/mol. The van der Waals surface area contributed by atoms with Crippen molar-refractivity contribution in [3.05, 3.63) is 139 Å². The molecule has 0 N–H and O–H groups in total. The maximum Gasteiger partial charge on any atom is 0.235 e. The van der Waals surface area contributed by atoms with Gasteiger partial charge in [0.25, 0.3) is 0 Å². The number of para-hydroxylation sites is 1. The summed E-state index contributed by atoms with van der Waals surface area (Å²) in [5, 5.41) is 7.54. The van der Waals surface area contributed by atoms with Gasteiger partial charge in [0.2, 0.25) is 5.95 Å². The second kappa shape index (κ2) is 9.44. The van der Waals surface area contributed by atoms with Crippen LogP contribution < -0.4 is 4.90 Å². The van der Waals surface area contributed by atoms with Gasteiger partial charge in [-0.3, -0.25) is 14.9 Å². The van der Waals surface area contributed by atoms with Crippen LogP contribution in [-0.4, -0.2) is 19.9 Å². The molecule has 0 spiro atoms. The van der Waals surface area contributed by atoms with Crippen LogP contribution >= 0.6 is 0 Å². The number of furan rings is 1. The predicted octanol–water partition coefficient (Wildman–Crippen LogP) is 10.4. The Labute approximate surface area is 270 Å². The Bertz CT molecular complexity index is 2730. The van der Waals surface area contributed by atoms with Crippen molar-refractivity contribution in [1.82, 2.24) is 19.9 Å². The third kappa shape index (κ3) is 3.55. The van der Waals surface area contributed by atoms with Gasteiger partial charge in [-0.25, -0.2) is 9.97 Å². The quantitative estimate of drug-likeness (QED) is 0.183. The number of hydrogen-bond acceptors (Lipinski definition) is 6. The van der Waals surface area contributed by atoms with E-state index in [1.165, 1.54) is 0 Å². The molecule has 0 saturated heterocycles. The molecule has 0 bridgehead atoms. The van der Waals surface area contributed by atoms with Gasteiger partial charge in [0.15, 0.2) is 5.58 Å².